The molecular weight excluding hydrogens is 300 g/mol. The van der Waals surface area contributed by atoms with Crippen LogP contribution in [0.25, 0.3) is 5.69 Å². The molecule has 0 aliphatic rings. The molecule has 1 heterocycles. The summed E-state index contributed by atoms with van der Waals surface area (Å²) in [7, 11) is 0. The van der Waals surface area contributed by atoms with Crippen LogP contribution in [-0.4, -0.2) is 26.7 Å². The molecule has 1 aromatic carbocycles. The molecule has 0 aliphatic heterocycles. The lowest BCUT2D eigenvalue weighted by atomic mass is 10.1. The molecule has 0 unspecified atom stereocenters. The number of hydrogen-bond acceptors (Lipinski definition) is 4. The minimum Gasteiger partial charge on any atom is -0.351 e. The van der Waals surface area contributed by atoms with Crippen LogP contribution in [0.4, 0.5) is 4.79 Å². The van der Waals surface area contributed by atoms with Crippen molar-refractivity contribution in [3.63, 3.8) is 0 Å². The summed E-state index contributed by atoms with van der Waals surface area (Å²) in [6.45, 7) is 5.76. The van der Waals surface area contributed by atoms with Gasteiger partial charge in [0.05, 0.1) is 5.25 Å². The molecule has 116 valence electrons. The van der Waals surface area contributed by atoms with Crippen molar-refractivity contribution in [3.05, 3.63) is 41.7 Å². The van der Waals surface area contributed by atoms with Crippen LogP contribution in [0.2, 0.25) is 0 Å². The molecule has 6 nitrogen and oxygen atoms in total. The third kappa shape index (κ3) is 3.88. The quantitative estimate of drug-likeness (QED) is 0.845. The summed E-state index contributed by atoms with van der Waals surface area (Å²) in [6, 6.07) is 5.34. The van der Waals surface area contributed by atoms with Gasteiger partial charge in [-0.2, -0.15) is 0 Å². The zero-order chi connectivity index (χ0) is 16.3. The first-order valence-corrected chi connectivity index (χ1v) is 7.64. The third-order valence-electron chi connectivity index (χ3n) is 2.99. The molecule has 0 saturated carbocycles. The van der Waals surface area contributed by atoms with E-state index in [9.17, 15) is 9.59 Å². The topological polar surface area (TPSA) is 90.0 Å². The van der Waals surface area contributed by atoms with E-state index >= 15 is 0 Å². The molecule has 3 N–H and O–H groups in total. The minimum atomic E-state index is -0.852. The Morgan fingerprint density at radius 3 is 2.50 bits per heavy atom. The van der Waals surface area contributed by atoms with Crippen molar-refractivity contribution in [2.75, 3.05) is 0 Å². The number of urea groups is 1. The van der Waals surface area contributed by atoms with Crippen molar-refractivity contribution < 1.29 is 9.59 Å². The summed E-state index contributed by atoms with van der Waals surface area (Å²) in [5, 5.41) is 2.27. The number of nitrogens with two attached hydrogens (primary N) is 1. The maximum Gasteiger partial charge on any atom is 0.318 e. The monoisotopic (exact) mass is 318 g/mol. The number of nitrogens with one attached hydrogen (secondary N) is 1. The standard InChI is InChI=1S/C15H18N4O2S/c1-9-6-10(2)8-12(7-9)19-5-4-17-15(19)22-11(3)13(20)18-14(16)21/h4-8,11H,1-3H3,(H3,16,18,20,21)/t11-/m0/s1. The van der Waals surface area contributed by atoms with Crippen molar-refractivity contribution in [2.24, 2.45) is 5.73 Å². The number of imide groups is 1. The lowest BCUT2D eigenvalue weighted by Crippen LogP contribution is -2.39. The van der Waals surface area contributed by atoms with Crippen molar-refractivity contribution in [3.8, 4) is 5.69 Å². The van der Waals surface area contributed by atoms with Gasteiger partial charge in [0.15, 0.2) is 5.16 Å². The Kier molecular flexibility index (Phi) is 4.87. The van der Waals surface area contributed by atoms with E-state index in [1.54, 1.807) is 13.1 Å². The highest BCUT2D eigenvalue weighted by Crippen LogP contribution is 2.25. The Hall–Kier alpha value is -2.28. The Morgan fingerprint density at radius 2 is 1.91 bits per heavy atom. The number of aryl methyl sites for hydroxylation is 2. The van der Waals surface area contributed by atoms with Crippen LogP contribution in [0.15, 0.2) is 35.7 Å². The van der Waals surface area contributed by atoms with Gasteiger partial charge in [0.2, 0.25) is 5.91 Å². The second-order valence-electron chi connectivity index (χ2n) is 5.04. The molecule has 0 spiro atoms. The Labute approximate surface area is 133 Å². The van der Waals surface area contributed by atoms with Crippen LogP contribution in [-0.2, 0) is 4.79 Å². The van der Waals surface area contributed by atoms with Gasteiger partial charge in [0, 0.05) is 18.1 Å². The van der Waals surface area contributed by atoms with E-state index in [2.05, 4.69) is 16.4 Å². The van der Waals surface area contributed by atoms with Gasteiger partial charge in [-0.25, -0.2) is 9.78 Å². The van der Waals surface area contributed by atoms with Gasteiger partial charge in [0.1, 0.15) is 0 Å². The van der Waals surface area contributed by atoms with Crippen LogP contribution in [0, 0.1) is 13.8 Å². The normalized spacial score (nSPS) is 12.0. The van der Waals surface area contributed by atoms with E-state index < -0.39 is 17.2 Å². The summed E-state index contributed by atoms with van der Waals surface area (Å²) in [4.78, 5) is 26.8. The number of nitrogens with zero attached hydrogens (tertiary/aromatic N) is 2. The highest BCUT2D eigenvalue weighted by molar-refractivity contribution is 8.00. The Balaban J connectivity index is 2.22. The van der Waals surface area contributed by atoms with E-state index in [4.69, 9.17) is 5.73 Å². The van der Waals surface area contributed by atoms with Gasteiger partial charge >= 0.3 is 6.03 Å². The number of imidazole rings is 1. The van der Waals surface area contributed by atoms with Crippen LogP contribution >= 0.6 is 11.8 Å². The molecule has 2 rings (SSSR count). The molecule has 7 heteroatoms. The SMILES string of the molecule is Cc1cc(C)cc(-n2ccnc2S[C@@H](C)C(=O)NC(N)=O)c1. The molecule has 22 heavy (non-hydrogen) atoms. The highest BCUT2D eigenvalue weighted by Gasteiger charge is 2.18. The maximum atomic E-state index is 11.8. The lowest BCUT2D eigenvalue weighted by Gasteiger charge is -2.12. The van der Waals surface area contributed by atoms with Crippen molar-refractivity contribution in [1.82, 2.24) is 14.9 Å². The second kappa shape index (κ2) is 6.65. The van der Waals surface area contributed by atoms with Gasteiger partial charge in [0.25, 0.3) is 0 Å². The molecule has 0 bridgehead atoms. The summed E-state index contributed by atoms with van der Waals surface area (Å²) in [5.74, 6) is -0.438. The van der Waals surface area contributed by atoms with Gasteiger partial charge in [-0.1, -0.05) is 17.8 Å². The van der Waals surface area contributed by atoms with E-state index in [1.165, 1.54) is 11.8 Å². The molecule has 0 aliphatic carbocycles. The smallest absolute Gasteiger partial charge is 0.318 e. The molecular formula is C15H18N4O2S. The fraction of sp³-hybridized carbons (Fsp3) is 0.267. The van der Waals surface area contributed by atoms with Crippen LogP contribution in [0.5, 0.6) is 0 Å². The van der Waals surface area contributed by atoms with E-state index in [-0.39, 0.29) is 0 Å². The van der Waals surface area contributed by atoms with Gasteiger partial charge in [-0.05, 0) is 44.0 Å². The zero-order valence-electron chi connectivity index (χ0n) is 12.7. The number of benzene rings is 1. The highest BCUT2D eigenvalue weighted by atomic mass is 32.2. The number of rotatable bonds is 4. The fourth-order valence-electron chi connectivity index (χ4n) is 2.10. The summed E-state index contributed by atoms with van der Waals surface area (Å²) < 4.78 is 1.92. The minimum absolute atomic E-state index is 0.438. The van der Waals surface area contributed by atoms with E-state index in [0.717, 1.165) is 16.8 Å². The zero-order valence-corrected chi connectivity index (χ0v) is 13.5. The lowest BCUT2D eigenvalue weighted by molar-refractivity contribution is -0.119. The summed E-state index contributed by atoms with van der Waals surface area (Å²) in [5.41, 5.74) is 8.25. The summed E-state index contributed by atoms with van der Waals surface area (Å²) >= 11 is 1.27. The van der Waals surface area contributed by atoms with E-state index in [0.29, 0.717) is 5.16 Å². The van der Waals surface area contributed by atoms with Gasteiger partial charge in [-0.15, -0.1) is 0 Å². The molecule has 0 radical (unpaired) electrons. The Morgan fingerprint density at radius 1 is 1.27 bits per heavy atom. The number of amides is 3. The maximum absolute atomic E-state index is 11.8. The second-order valence-corrected chi connectivity index (χ2v) is 6.35. The number of carbonyl (C=O) groups is 2. The van der Waals surface area contributed by atoms with Crippen molar-refractivity contribution in [1.29, 1.82) is 0 Å². The Bertz CT molecular complexity index is 691. The average molecular weight is 318 g/mol. The van der Waals surface area contributed by atoms with Crippen LogP contribution in [0.1, 0.15) is 18.1 Å². The third-order valence-corrected chi connectivity index (χ3v) is 4.07. The molecule has 0 saturated heterocycles. The summed E-state index contributed by atoms with van der Waals surface area (Å²) in [6.07, 6.45) is 3.52. The first-order chi connectivity index (χ1) is 10.4. The van der Waals surface area contributed by atoms with Gasteiger partial charge in [-0.3, -0.25) is 14.7 Å². The van der Waals surface area contributed by atoms with E-state index in [1.807, 2.05) is 36.7 Å². The number of primary amides is 1. The predicted octanol–water partition coefficient (Wildman–Crippen LogP) is 2.16. The predicted molar refractivity (Wildman–Crippen MR) is 86.1 cm³/mol. The van der Waals surface area contributed by atoms with Gasteiger partial charge < -0.3 is 5.73 Å². The first kappa shape index (κ1) is 16.1. The molecule has 0 fully saturated rings. The molecule has 1 aromatic heterocycles. The fourth-order valence-corrected chi connectivity index (χ4v) is 2.98. The van der Waals surface area contributed by atoms with Crippen LogP contribution in [0.3, 0.4) is 0 Å². The van der Waals surface area contributed by atoms with Crippen molar-refractivity contribution >= 4 is 23.7 Å². The average Bonchev–Trinajstić information content (AvgIpc) is 2.84. The molecule has 1 atom stereocenters. The van der Waals surface area contributed by atoms with Crippen LogP contribution < -0.4 is 11.1 Å². The number of hydrogen-bond donors (Lipinski definition) is 2. The first-order valence-electron chi connectivity index (χ1n) is 6.76. The van der Waals surface area contributed by atoms with Crippen molar-refractivity contribution in [2.45, 2.75) is 31.2 Å². The number of carbonyl (C=O) groups excluding carboxylic acids is 2. The molecule has 3 amide bonds. The number of aromatic nitrogens is 2. The molecule has 2 aromatic rings. The largest absolute Gasteiger partial charge is 0.351 e. The number of thioether (sulfide) groups is 1.